The van der Waals surface area contributed by atoms with Crippen LogP contribution in [0.3, 0.4) is 0 Å². The summed E-state index contributed by atoms with van der Waals surface area (Å²) >= 11 is 0. The van der Waals surface area contributed by atoms with Crippen molar-refractivity contribution in [1.82, 2.24) is 14.5 Å². The third-order valence-corrected chi connectivity index (χ3v) is 6.63. The first-order valence-corrected chi connectivity index (χ1v) is 11.2. The van der Waals surface area contributed by atoms with Gasteiger partial charge in [-0.3, -0.25) is 9.36 Å². The highest BCUT2D eigenvalue weighted by molar-refractivity contribution is 5.75. The minimum Gasteiger partial charge on any atom is -0.380 e. The topological polar surface area (TPSA) is 72.3 Å². The first kappa shape index (κ1) is 20.0. The zero-order chi connectivity index (χ0) is 21.3. The van der Waals surface area contributed by atoms with Crippen LogP contribution >= 0.6 is 0 Å². The molecule has 4 heterocycles. The van der Waals surface area contributed by atoms with Gasteiger partial charge in [0, 0.05) is 54.1 Å². The van der Waals surface area contributed by atoms with Gasteiger partial charge in [-0.25, -0.2) is 4.98 Å². The Balaban J connectivity index is 1.40. The van der Waals surface area contributed by atoms with Crippen LogP contribution in [0.5, 0.6) is 0 Å². The summed E-state index contributed by atoms with van der Waals surface area (Å²) in [5.74, 6) is 0.494. The van der Waals surface area contributed by atoms with E-state index in [9.17, 15) is 4.79 Å². The normalized spacial score (nSPS) is 18.0. The van der Waals surface area contributed by atoms with Crippen LogP contribution in [0.1, 0.15) is 32.6 Å². The highest BCUT2D eigenvalue weighted by Crippen LogP contribution is 2.33. The summed E-state index contributed by atoms with van der Waals surface area (Å²) in [6.07, 6.45) is 6.59. The van der Waals surface area contributed by atoms with Gasteiger partial charge < -0.3 is 15.0 Å². The van der Waals surface area contributed by atoms with Gasteiger partial charge in [0.2, 0.25) is 5.95 Å². The number of hydrogen-bond acceptors (Lipinski definition) is 6. The predicted octanol–water partition coefficient (Wildman–Crippen LogP) is 3.95. The van der Waals surface area contributed by atoms with Crippen molar-refractivity contribution in [3.63, 3.8) is 0 Å². The van der Waals surface area contributed by atoms with E-state index in [2.05, 4.69) is 46.4 Å². The third-order valence-electron chi connectivity index (χ3n) is 6.63. The van der Waals surface area contributed by atoms with Crippen LogP contribution in [0.4, 0.5) is 17.3 Å². The van der Waals surface area contributed by atoms with E-state index in [1.54, 1.807) is 22.9 Å². The number of piperidine rings is 1. The van der Waals surface area contributed by atoms with Gasteiger partial charge in [-0.05, 0) is 56.0 Å². The molecule has 0 saturated carbocycles. The lowest BCUT2D eigenvalue weighted by Crippen LogP contribution is -2.47. The second kappa shape index (κ2) is 8.30. The molecule has 2 fully saturated rings. The number of aromatic nitrogens is 3. The molecule has 0 spiro atoms. The van der Waals surface area contributed by atoms with E-state index >= 15 is 0 Å². The first-order chi connectivity index (χ1) is 15.2. The summed E-state index contributed by atoms with van der Waals surface area (Å²) in [6, 6.07) is 11.8. The molecule has 2 aliphatic heterocycles. The molecule has 0 atom stereocenters. The van der Waals surface area contributed by atoms with Gasteiger partial charge in [0.05, 0.1) is 13.2 Å². The zero-order valence-corrected chi connectivity index (χ0v) is 18.0. The molecule has 1 N–H and O–H groups in total. The van der Waals surface area contributed by atoms with Gasteiger partial charge in [-0.1, -0.05) is 6.92 Å². The molecular formula is C24H29N5O2. The molecular weight excluding hydrogens is 390 g/mol. The minimum absolute atomic E-state index is 0.0148. The number of rotatable bonds is 6. The van der Waals surface area contributed by atoms with Crippen molar-refractivity contribution in [2.24, 2.45) is 5.41 Å². The largest absolute Gasteiger partial charge is 0.380 e. The number of pyridine rings is 1. The maximum absolute atomic E-state index is 12.7. The molecule has 7 heteroatoms. The van der Waals surface area contributed by atoms with Crippen LogP contribution in [0.25, 0.3) is 11.0 Å². The second-order valence-electron chi connectivity index (χ2n) is 8.80. The Bertz CT molecular complexity index is 1110. The Morgan fingerprint density at radius 1 is 1.06 bits per heavy atom. The van der Waals surface area contributed by atoms with Crippen LogP contribution in [0, 0.1) is 5.41 Å². The van der Waals surface area contributed by atoms with Gasteiger partial charge in [0.1, 0.15) is 5.65 Å². The quantitative estimate of drug-likeness (QED) is 0.652. The molecule has 0 radical (unpaired) electrons. The molecule has 0 amide bonds. The Morgan fingerprint density at radius 2 is 1.84 bits per heavy atom. The third kappa shape index (κ3) is 4.02. The van der Waals surface area contributed by atoms with Crippen LogP contribution in [0.2, 0.25) is 0 Å². The van der Waals surface area contributed by atoms with E-state index < -0.39 is 0 Å². The minimum atomic E-state index is -0.0391. The number of fused-ring (bicyclic) bond motifs is 1. The number of anilines is 3. The lowest BCUT2D eigenvalue weighted by Gasteiger charge is -2.41. The Kier molecular flexibility index (Phi) is 5.36. The Morgan fingerprint density at radius 3 is 2.52 bits per heavy atom. The van der Waals surface area contributed by atoms with Crippen molar-refractivity contribution in [3.05, 3.63) is 52.9 Å². The summed E-state index contributed by atoms with van der Waals surface area (Å²) in [5, 5.41) is 4.16. The number of ether oxygens (including phenoxy) is 1. The van der Waals surface area contributed by atoms with Gasteiger partial charge >= 0.3 is 0 Å². The fourth-order valence-corrected chi connectivity index (χ4v) is 4.45. The molecule has 0 aliphatic carbocycles. The molecule has 1 aromatic carbocycles. The van der Waals surface area contributed by atoms with Gasteiger partial charge in [-0.15, -0.1) is 0 Å². The summed E-state index contributed by atoms with van der Waals surface area (Å²) < 4.78 is 7.22. The van der Waals surface area contributed by atoms with Crippen molar-refractivity contribution >= 4 is 28.4 Å². The molecule has 0 unspecified atom stereocenters. The van der Waals surface area contributed by atoms with Crippen molar-refractivity contribution < 1.29 is 4.74 Å². The maximum Gasteiger partial charge on any atom is 0.252 e. The standard InChI is InChI=1S/C24H29N5O2/c1-2-24(16-31-17-24)15-29-21(30)11-6-18-14-25-23(27-22(18)29)26-19-7-9-20(10-8-19)28-12-4-3-5-13-28/h6-11,14H,2-5,12-13,15-17H2,1H3,(H,25,26,27). The SMILES string of the molecule is CCC1(Cn2c(=O)ccc3cnc(Nc4ccc(N5CCCCC5)cc4)nc32)COC1. The molecule has 2 saturated heterocycles. The number of hydrogen-bond donors (Lipinski definition) is 1. The highest BCUT2D eigenvalue weighted by atomic mass is 16.5. The van der Waals surface area contributed by atoms with E-state index in [-0.39, 0.29) is 11.0 Å². The molecule has 162 valence electrons. The fraction of sp³-hybridized carbons (Fsp3) is 0.458. The average Bonchev–Trinajstić information content (AvgIpc) is 2.79. The predicted molar refractivity (Wildman–Crippen MR) is 123 cm³/mol. The molecule has 31 heavy (non-hydrogen) atoms. The zero-order valence-electron chi connectivity index (χ0n) is 18.0. The Hall–Kier alpha value is -2.93. The van der Waals surface area contributed by atoms with Crippen LogP contribution in [-0.4, -0.2) is 40.8 Å². The van der Waals surface area contributed by atoms with Crippen LogP contribution in [-0.2, 0) is 11.3 Å². The molecule has 3 aromatic rings. The van der Waals surface area contributed by atoms with Crippen molar-refractivity contribution in [2.75, 3.05) is 36.5 Å². The lowest BCUT2D eigenvalue weighted by atomic mass is 9.83. The molecule has 5 rings (SSSR count). The van der Waals surface area contributed by atoms with Crippen molar-refractivity contribution in [1.29, 1.82) is 0 Å². The fourth-order valence-electron chi connectivity index (χ4n) is 4.45. The molecule has 2 aromatic heterocycles. The number of nitrogens with one attached hydrogen (secondary N) is 1. The van der Waals surface area contributed by atoms with E-state index in [1.165, 1.54) is 24.9 Å². The van der Waals surface area contributed by atoms with Gasteiger partial charge in [0.15, 0.2) is 0 Å². The lowest BCUT2D eigenvalue weighted by molar-refractivity contribution is -0.123. The summed E-state index contributed by atoms with van der Waals surface area (Å²) in [4.78, 5) is 24.3. The highest BCUT2D eigenvalue weighted by Gasteiger charge is 2.37. The van der Waals surface area contributed by atoms with E-state index in [0.29, 0.717) is 31.4 Å². The summed E-state index contributed by atoms with van der Waals surface area (Å²) in [6.45, 7) is 6.39. The molecule has 0 bridgehead atoms. The van der Waals surface area contributed by atoms with Gasteiger partial charge in [0.25, 0.3) is 5.56 Å². The second-order valence-corrected chi connectivity index (χ2v) is 8.80. The van der Waals surface area contributed by atoms with E-state index in [1.807, 2.05) is 0 Å². The number of nitrogens with zero attached hydrogens (tertiary/aromatic N) is 4. The van der Waals surface area contributed by atoms with Crippen molar-refractivity contribution in [3.8, 4) is 0 Å². The summed E-state index contributed by atoms with van der Waals surface area (Å²) in [7, 11) is 0. The molecule has 7 nitrogen and oxygen atoms in total. The van der Waals surface area contributed by atoms with Gasteiger partial charge in [-0.2, -0.15) is 4.98 Å². The van der Waals surface area contributed by atoms with Crippen molar-refractivity contribution in [2.45, 2.75) is 39.2 Å². The average molecular weight is 420 g/mol. The monoisotopic (exact) mass is 419 g/mol. The smallest absolute Gasteiger partial charge is 0.252 e. The summed E-state index contributed by atoms with van der Waals surface area (Å²) in [5.41, 5.74) is 2.83. The number of benzene rings is 1. The Labute approximate surface area is 182 Å². The van der Waals surface area contributed by atoms with Crippen LogP contribution in [0.15, 0.2) is 47.4 Å². The molecule has 2 aliphatic rings. The first-order valence-electron chi connectivity index (χ1n) is 11.2. The maximum atomic E-state index is 12.7. The van der Waals surface area contributed by atoms with E-state index in [4.69, 9.17) is 9.72 Å². The van der Waals surface area contributed by atoms with E-state index in [0.717, 1.165) is 30.6 Å². The van der Waals surface area contributed by atoms with Crippen LogP contribution < -0.4 is 15.8 Å².